The van der Waals surface area contributed by atoms with E-state index >= 15 is 0 Å². The Balaban J connectivity index is 2.31. The molecular formula is C13H20ClNO2S2. The van der Waals surface area contributed by atoms with Crippen LogP contribution in [0.15, 0.2) is 10.3 Å². The summed E-state index contributed by atoms with van der Waals surface area (Å²) in [6, 6.07) is 1.83. The van der Waals surface area contributed by atoms with Crippen LogP contribution in [0, 0.1) is 12.8 Å². The molecule has 1 aromatic heterocycles. The van der Waals surface area contributed by atoms with Crippen LogP contribution in [0.25, 0.3) is 0 Å². The van der Waals surface area contributed by atoms with Gasteiger partial charge in [-0.2, -0.15) is 4.31 Å². The van der Waals surface area contributed by atoms with Gasteiger partial charge < -0.3 is 0 Å². The highest BCUT2D eigenvalue weighted by Crippen LogP contribution is 2.33. The van der Waals surface area contributed by atoms with E-state index in [9.17, 15) is 8.42 Å². The second kappa shape index (κ2) is 5.72. The Morgan fingerprint density at radius 3 is 2.68 bits per heavy atom. The summed E-state index contributed by atoms with van der Waals surface area (Å²) in [5, 5.41) is 0. The summed E-state index contributed by atoms with van der Waals surface area (Å²) < 4.78 is 27.4. The van der Waals surface area contributed by atoms with E-state index in [-0.39, 0.29) is 6.04 Å². The van der Waals surface area contributed by atoms with Gasteiger partial charge in [-0.05, 0) is 44.2 Å². The maximum Gasteiger partial charge on any atom is 0.252 e. The molecular weight excluding hydrogens is 302 g/mol. The third-order valence-electron chi connectivity index (χ3n) is 3.76. The minimum atomic E-state index is -3.35. The third kappa shape index (κ3) is 2.99. The largest absolute Gasteiger partial charge is 0.252 e. The molecule has 6 heteroatoms. The second-order valence-electron chi connectivity index (χ2n) is 5.40. The van der Waals surface area contributed by atoms with Crippen LogP contribution >= 0.6 is 22.9 Å². The Hall–Kier alpha value is -0.100. The van der Waals surface area contributed by atoms with Gasteiger partial charge in [0.2, 0.25) is 0 Å². The first-order valence-corrected chi connectivity index (χ1v) is 9.32. The predicted octanol–water partition coefficient (Wildman–Crippen LogP) is 3.60. The highest BCUT2D eigenvalue weighted by molar-refractivity contribution is 7.91. The van der Waals surface area contributed by atoms with Crippen molar-refractivity contribution in [2.45, 2.75) is 49.7 Å². The van der Waals surface area contributed by atoms with Gasteiger partial charge in [-0.25, -0.2) is 8.42 Å². The Bertz CT molecular complexity index is 553. The SMILES string of the molecule is Cc1cc(S(=O)(=O)N2CCC(C)CC2C)sc1CCl. The van der Waals surface area contributed by atoms with Crippen LogP contribution in [0.5, 0.6) is 0 Å². The molecule has 1 aromatic rings. The molecule has 3 nitrogen and oxygen atoms in total. The van der Waals surface area contributed by atoms with Gasteiger partial charge in [-0.1, -0.05) is 6.92 Å². The molecule has 1 aliphatic rings. The summed E-state index contributed by atoms with van der Waals surface area (Å²) in [4.78, 5) is 0.943. The molecule has 0 N–H and O–H groups in total. The molecule has 1 aliphatic heterocycles. The first-order valence-electron chi connectivity index (χ1n) is 6.53. The molecule has 2 atom stereocenters. The molecule has 0 saturated carbocycles. The molecule has 0 aromatic carbocycles. The van der Waals surface area contributed by atoms with Crippen LogP contribution in [0.2, 0.25) is 0 Å². The normalized spacial score (nSPS) is 25.7. The van der Waals surface area contributed by atoms with E-state index in [2.05, 4.69) is 6.92 Å². The van der Waals surface area contributed by atoms with Crippen molar-refractivity contribution in [3.8, 4) is 0 Å². The molecule has 1 saturated heterocycles. The predicted molar refractivity (Wildman–Crippen MR) is 80.4 cm³/mol. The highest BCUT2D eigenvalue weighted by atomic mass is 35.5. The zero-order valence-electron chi connectivity index (χ0n) is 11.5. The molecule has 0 bridgehead atoms. The molecule has 2 heterocycles. The van der Waals surface area contributed by atoms with E-state index < -0.39 is 10.0 Å². The number of hydrogen-bond acceptors (Lipinski definition) is 3. The number of rotatable bonds is 3. The van der Waals surface area contributed by atoms with Gasteiger partial charge in [0.1, 0.15) is 4.21 Å². The van der Waals surface area contributed by atoms with Gasteiger partial charge in [0.25, 0.3) is 10.0 Å². The quantitative estimate of drug-likeness (QED) is 0.798. The summed E-state index contributed by atoms with van der Waals surface area (Å²) >= 11 is 7.13. The highest BCUT2D eigenvalue weighted by Gasteiger charge is 2.34. The number of alkyl halides is 1. The fourth-order valence-electron chi connectivity index (χ4n) is 2.61. The zero-order valence-corrected chi connectivity index (χ0v) is 13.9. The summed E-state index contributed by atoms with van der Waals surface area (Å²) in [5.41, 5.74) is 0.969. The molecule has 0 amide bonds. The first kappa shape index (κ1) is 15.3. The molecule has 0 radical (unpaired) electrons. The van der Waals surface area contributed by atoms with Gasteiger partial charge in [-0.15, -0.1) is 22.9 Å². The van der Waals surface area contributed by atoms with Crippen molar-refractivity contribution in [2.24, 2.45) is 5.92 Å². The third-order valence-corrected chi connectivity index (χ3v) is 7.89. The lowest BCUT2D eigenvalue weighted by molar-refractivity contribution is 0.220. The first-order chi connectivity index (χ1) is 8.86. The van der Waals surface area contributed by atoms with Crippen molar-refractivity contribution in [1.82, 2.24) is 4.31 Å². The van der Waals surface area contributed by atoms with Gasteiger partial charge in [0.05, 0.1) is 5.88 Å². The lowest BCUT2D eigenvalue weighted by Crippen LogP contribution is -2.43. The number of thiophene rings is 1. The van der Waals surface area contributed by atoms with Crippen molar-refractivity contribution in [2.75, 3.05) is 6.54 Å². The van der Waals surface area contributed by atoms with Crippen molar-refractivity contribution >= 4 is 33.0 Å². The molecule has 0 aliphatic carbocycles. The van der Waals surface area contributed by atoms with Crippen LogP contribution in [-0.4, -0.2) is 25.3 Å². The maximum absolute atomic E-state index is 12.7. The minimum absolute atomic E-state index is 0.0793. The van der Waals surface area contributed by atoms with Gasteiger partial charge in [-0.3, -0.25) is 0 Å². The van der Waals surface area contributed by atoms with Gasteiger partial charge >= 0.3 is 0 Å². The van der Waals surface area contributed by atoms with E-state index in [1.807, 2.05) is 13.8 Å². The van der Waals surface area contributed by atoms with Crippen LogP contribution < -0.4 is 0 Å². The van der Waals surface area contributed by atoms with E-state index in [1.54, 1.807) is 10.4 Å². The number of nitrogens with zero attached hydrogens (tertiary/aromatic N) is 1. The Morgan fingerprint density at radius 2 is 2.16 bits per heavy atom. The summed E-state index contributed by atoms with van der Waals surface area (Å²) in [5.74, 6) is 0.975. The zero-order chi connectivity index (χ0) is 14.2. The monoisotopic (exact) mass is 321 g/mol. The minimum Gasteiger partial charge on any atom is -0.206 e. The Morgan fingerprint density at radius 1 is 1.47 bits per heavy atom. The molecule has 108 valence electrons. The molecule has 2 rings (SSSR count). The van der Waals surface area contributed by atoms with Crippen LogP contribution in [0.1, 0.15) is 37.1 Å². The molecule has 1 fully saturated rings. The summed E-state index contributed by atoms with van der Waals surface area (Å²) in [6.07, 6.45) is 1.88. The van der Waals surface area contributed by atoms with Gasteiger partial charge in [0.15, 0.2) is 0 Å². The number of aryl methyl sites for hydroxylation is 1. The number of piperidine rings is 1. The van der Waals surface area contributed by atoms with Crippen LogP contribution in [0.3, 0.4) is 0 Å². The summed E-state index contributed by atoms with van der Waals surface area (Å²) in [7, 11) is -3.35. The van der Waals surface area contributed by atoms with Crippen LogP contribution in [-0.2, 0) is 15.9 Å². The van der Waals surface area contributed by atoms with Crippen LogP contribution in [0.4, 0.5) is 0 Å². The average molecular weight is 322 g/mol. The number of hydrogen-bond donors (Lipinski definition) is 0. The lowest BCUT2D eigenvalue weighted by atomic mass is 9.95. The molecule has 0 spiro atoms. The van der Waals surface area contributed by atoms with Crippen molar-refractivity contribution < 1.29 is 8.42 Å². The van der Waals surface area contributed by atoms with Crippen molar-refractivity contribution in [3.05, 3.63) is 16.5 Å². The Labute approximate surface area is 124 Å². The van der Waals surface area contributed by atoms with E-state index in [4.69, 9.17) is 11.6 Å². The standard InChI is InChI=1S/C13H20ClNO2S2/c1-9-4-5-15(11(3)6-9)19(16,17)13-7-10(2)12(8-14)18-13/h7,9,11H,4-6,8H2,1-3H3. The lowest BCUT2D eigenvalue weighted by Gasteiger charge is -2.35. The maximum atomic E-state index is 12.7. The van der Waals surface area contributed by atoms with Gasteiger partial charge in [0, 0.05) is 17.5 Å². The van der Waals surface area contributed by atoms with E-state index in [0.29, 0.717) is 22.6 Å². The fraction of sp³-hybridized carbons (Fsp3) is 0.692. The smallest absolute Gasteiger partial charge is 0.206 e. The Kier molecular flexibility index (Phi) is 4.60. The fourth-order valence-corrected chi connectivity index (χ4v) is 6.21. The number of halogens is 1. The van der Waals surface area contributed by atoms with Crippen molar-refractivity contribution in [1.29, 1.82) is 0 Å². The topological polar surface area (TPSA) is 37.4 Å². The summed E-state index contributed by atoms with van der Waals surface area (Å²) in [6.45, 7) is 6.71. The van der Waals surface area contributed by atoms with E-state index in [0.717, 1.165) is 23.3 Å². The number of sulfonamides is 1. The molecule has 19 heavy (non-hydrogen) atoms. The van der Waals surface area contributed by atoms with Crippen molar-refractivity contribution in [3.63, 3.8) is 0 Å². The van der Waals surface area contributed by atoms with E-state index in [1.165, 1.54) is 11.3 Å². The second-order valence-corrected chi connectivity index (χ2v) is 8.92. The average Bonchev–Trinajstić information content (AvgIpc) is 2.70. The molecule has 2 unspecified atom stereocenters.